The molecule has 0 saturated carbocycles. The molecule has 0 aliphatic heterocycles. The van der Waals surface area contributed by atoms with Crippen LogP contribution in [0.4, 0.5) is 0 Å². The van der Waals surface area contributed by atoms with Crippen LogP contribution >= 0.6 is 23.4 Å². The average Bonchev–Trinajstić information content (AvgIpc) is 2.68. The van der Waals surface area contributed by atoms with Crippen molar-refractivity contribution in [2.75, 3.05) is 6.26 Å². The van der Waals surface area contributed by atoms with E-state index in [-0.39, 0.29) is 10.1 Å². The molecule has 5 heteroatoms. The summed E-state index contributed by atoms with van der Waals surface area (Å²) in [6, 6.07) is 2.00. The Morgan fingerprint density at radius 1 is 1.50 bits per heavy atom. The van der Waals surface area contributed by atoms with E-state index in [2.05, 4.69) is 34.6 Å². The van der Waals surface area contributed by atoms with E-state index in [0.717, 1.165) is 23.4 Å². The molecule has 0 amide bonds. The summed E-state index contributed by atoms with van der Waals surface area (Å²) in [5, 5.41) is -0.102. The molecule has 18 heavy (non-hydrogen) atoms. The van der Waals surface area contributed by atoms with Gasteiger partial charge in [0.1, 0.15) is 11.3 Å². The average molecular weight is 284 g/mol. The summed E-state index contributed by atoms with van der Waals surface area (Å²) in [4.78, 5) is 8.71. The Morgan fingerprint density at radius 3 is 2.83 bits per heavy atom. The Balaban J connectivity index is 2.55. The SMILES string of the molecule is CSC(C)(C)Cn1c(C(C)Cl)nc2cnccc21. The third-order valence-corrected chi connectivity index (χ3v) is 4.46. The zero-order chi connectivity index (χ0) is 13.3. The van der Waals surface area contributed by atoms with Crippen LogP contribution in [0.3, 0.4) is 0 Å². The van der Waals surface area contributed by atoms with Gasteiger partial charge in [-0.25, -0.2) is 4.98 Å². The molecule has 0 aliphatic rings. The summed E-state index contributed by atoms with van der Waals surface area (Å²) in [5.41, 5.74) is 2.02. The van der Waals surface area contributed by atoms with E-state index < -0.39 is 0 Å². The fourth-order valence-electron chi connectivity index (χ4n) is 1.92. The number of imidazole rings is 1. The predicted octanol–water partition coefficient (Wildman–Crippen LogP) is 3.87. The predicted molar refractivity (Wildman–Crippen MR) is 79.4 cm³/mol. The van der Waals surface area contributed by atoms with Gasteiger partial charge < -0.3 is 4.57 Å². The maximum Gasteiger partial charge on any atom is 0.127 e. The Hall–Kier alpha value is -0.740. The van der Waals surface area contributed by atoms with Crippen molar-refractivity contribution in [1.29, 1.82) is 0 Å². The molecule has 2 aromatic rings. The number of hydrogen-bond acceptors (Lipinski definition) is 3. The van der Waals surface area contributed by atoms with Crippen LogP contribution in [0.2, 0.25) is 0 Å². The fraction of sp³-hybridized carbons (Fsp3) is 0.538. The van der Waals surface area contributed by atoms with Crippen molar-refractivity contribution in [2.24, 2.45) is 0 Å². The van der Waals surface area contributed by atoms with E-state index in [4.69, 9.17) is 11.6 Å². The Morgan fingerprint density at radius 2 is 2.22 bits per heavy atom. The Kier molecular flexibility index (Phi) is 3.87. The zero-order valence-corrected chi connectivity index (χ0v) is 12.7. The summed E-state index contributed by atoms with van der Waals surface area (Å²) < 4.78 is 2.36. The third kappa shape index (κ3) is 2.64. The first-order chi connectivity index (χ1) is 8.44. The van der Waals surface area contributed by atoms with Gasteiger partial charge >= 0.3 is 0 Å². The van der Waals surface area contributed by atoms with Crippen molar-refractivity contribution in [3.8, 4) is 0 Å². The van der Waals surface area contributed by atoms with E-state index in [9.17, 15) is 0 Å². The number of nitrogens with zero attached hydrogens (tertiary/aromatic N) is 3. The van der Waals surface area contributed by atoms with Gasteiger partial charge in [0.2, 0.25) is 0 Å². The molecule has 0 saturated heterocycles. The summed E-state index contributed by atoms with van der Waals surface area (Å²) in [5.74, 6) is 0.918. The van der Waals surface area contributed by atoms with Crippen LogP contribution < -0.4 is 0 Å². The van der Waals surface area contributed by atoms with Gasteiger partial charge in [-0.3, -0.25) is 4.98 Å². The van der Waals surface area contributed by atoms with Crippen molar-refractivity contribution < 1.29 is 0 Å². The second-order valence-corrected chi connectivity index (χ2v) is 7.17. The lowest BCUT2D eigenvalue weighted by molar-refractivity contribution is 0.559. The van der Waals surface area contributed by atoms with Crippen LogP contribution in [0.5, 0.6) is 0 Å². The van der Waals surface area contributed by atoms with Gasteiger partial charge in [0.15, 0.2) is 0 Å². The molecule has 3 nitrogen and oxygen atoms in total. The van der Waals surface area contributed by atoms with Crippen LogP contribution in [0.15, 0.2) is 18.5 Å². The zero-order valence-electron chi connectivity index (χ0n) is 11.1. The number of pyridine rings is 1. The molecular weight excluding hydrogens is 266 g/mol. The molecule has 0 fully saturated rings. The quantitative estimate of drug-likeness (QED) is 0.798. The van der Waals surface area contributed by atoms with Crippen molar-refractivity contribution >= 4 is 34.4 Å². The standard InChI is InChI=1S/C13H18ClN3S/c1-9(14)12-16-10-7-15-6-5-11(10)17(12)8-13(2,3)18-4/h5-7,9H,8H2,1-4H3. The van der Waals surface area contributed by atoms with Gasteiger partial charge in [-0.15, -0.1) is 11.6 Å². The lowest BCUT2D eigenvalue weighted by Gasteiger charge is -2.24. The lowest BCUT2D eigenvalue weighted by Crippen LogP contribution is -2.23. The molecule has 0 aliphatic carbocycles. The number of alkyl halides is 1. The smallest absolute Gasteiger partial charge is 0.127 e. The summed E-state index contributed by atoms with van der Waals surface area (Å²) in [6.45, 7) is 7.31. The second-order valence-electron chi connectivity index (χ2n) is 5.00. The number of thioether (sulfide) groups is 1. The molecule has 2 aromatic heterocycles. The minimum atomic E-state index is -0.102. The van der Waals surface area contributed by atoms with E-state index in [1.54, 1.807) is 12.4 Å². The van der Waals surface area contributed by atoms with Crippen molar-refractivity contribution in [3.63, 3.8) is 0 Å². The van der Waals surface area contributed by atoms with Gasteiger partial charge in [-0.05, 0) is 33.1 Å². The van der Waals surface area contributed by atoms with Crippen molar-refractivity contribution in [1.82, 2.24) is 14.5 Å². The molecule has 1 unspecified atom stereocenters. The molecule has 0 spiro atoms. The summed E-state index contributed by atoms with van der Waals surface area (Å²) >= 11 is 8.09. The molecule has 0 radical (unpaired) electrons. The van der Waals surface area contributed by atoms with Gasteiger partial charge in [0.25, 0.3) is 0 Å². The highest BCUT2D eigenvalue weighted by molar-refractivity contribution is 7.99. The molecule has 2 heterocycles. The second kappa shape index (κ2) is 5.10. The lowest BCUT2D eigenvalue weighted by atomic mass is 10.2. The molecule has 0 N–H and O–H groups in total. The van der Waals surface area contributed by atoms with E-state index >= 15 is 0 Å². The first-order valence-electron chi connectivity index (χ1n) is 5.94. The highest BCUT2D eigenvalue weighted by Gasteiger charge is 2.22. The van der Waals surface area contributed by atoms with Gasteiger partial charge in [-0.1, -0.05) is 0 Å². The summed E-state index contributed by atoms with van der Waals surface area (Å²) in [7, 11) is 0. The number of rotatable bonds is 4. The minimum absolute atomic E-state index is 0.102. The van der Waals surface area contributed by atoms with Crippen LogP contribution in [0.25, 0.3) is 11.0 Å². The van der Waals surface area contributed by atoms with E-state index in [1.165, 1.54) is 0 Å². The van der Waals surface area contributed by atoms with Crippen molar-refractivity contribution in [2.45, 2.75) is 37.4 Å². The van der Waals surface area contributed by atoms with Gasteiger partial charge in [0, 0.05) is 17.5 Å². The van der Waals surface area contributed by atoms with Crippen LogP contribution in [0.1, 0.15) is 32.0 Å². The monoisotopic (exact) mass is 283 g/mol. The Labute approximate surface area is 117 Å². The Bertz CT molecular complexity index is 548. The first-order valence-corrected chi connectivity index (χ1v) is 7.60. The van der Waals surface area contributed by atoms with Crippen molar-refractivity contribution in [3.05, 3.63) is 24.3 Å². The topological polar surface area (TPSA) is 30.7 Å². The molecule has 1 atom stereocenters. The fourth-order valence-corrected chi connectivity index (χ4v) is 2.34. The molecule has 0 aromatic carbocycles. The summed E-state index contributed by atoms with van der Waals surface area (Å²) in [6.07, 6.45) is 5.72. The molecule has 0 bridgehead atoms. The number of fused-ring (bicyclic) bond motifs is 1. The first kappa shape index (κ1) is 13.7. The number of aromatic nitrogens is 3. The number of halogens is 1. The molecular formula is C13H18ClN3S. The number of hydrogen-bond donors (Lipinski definition) is 0. The van der Waals surface area contributed by atoms with Gasteiger partial charge in [-0.2, -0.15) is 11.8 Å². The third-order valence-electron chi connectivity index (χ3n) is 3.03. The van der Waals surface area contributed by atoms with E-state index in [0.29, 0.717) is 0 Å². The normalized spacial score (nSPS) is 14.1. The molecule has 2 rings (SSSR count). The highest BCUT2D eigenvalue weighted by Crippen LogP contribution is 2.29. The minimum Gasteiger partial charge on any atom is -0.325 e. The largest absolute Gasteiger partial charge is 0.325 e. The van der Waals surface area contributed by atoms with Crippen LogP contribution in [-0.4, -0.2) is 25.5 Å². The maximum atomic E-state index is 6.24. The highest BCUT2D eigenvalue weighted by atomic mass is 35.5. The van der Waals surface area contributed by atoms with Crippen LogP contribution in [0, 0.1) is 0 Å². The van der Waals surface area contributed by atoms with Crippen LogP contribution in [-0.2, 0) is 6.54 Å². The van der Waals surface area contributed by atoms with Gasteiger partial charge in [0.05, 0.1) is 17.1 Å². The van der Waals surface area contributed by atoms with E-state index in [1.807, 2.05) is 24.8 Å². The maximum absolute atomic E-state index is 6.24. The molecule has 98 valence electrons.